The Kier molecular flexibility index (Phi) is 6.67. The van der Waals surface area contributed by atoms with Gasteiger partial charge in [0.1, 0.15) is 0 Å². The van der Waals surface area contributed by atoms with Crippen LogP contribution in [0.3, 0.4) is 0 Å². The van der Waals surface area contributed by atoms with Gasteiger partial charge in [-0.15, -0.1) is 0 Å². The molecule has 0 fully saturated rings. The van der Waals surface area contributed by atoms with Crippen LogP contribution < -0.4 is 18.9 Å². The summed E-state index contributed by atoms with van der Waals surface area (Å²) in [7, 11) is -5.13. The number of hydrogen-bond donors (Lipinski definition) is 2. The summed E-state index contributed by atoms with van der Waals surface area (Å²) in [6.45, 7) is 0. The van der Waals surface area contributed by atoms with E-state index < -0.39 is 20.0 Å². The number of halogens is 1. The summed E-state index contributed by atoms with van der Waals surface area (Å²) < 4.78 is 65.6. The molecule has 0 unspecified atom stereocenters. The van der Waals surface area contributed by atoms with Crippen molar-refractivity contribution in [1.82, 2.24) is 9.97 Å². The molecule has 0 radical (unpaired) electrons. The van der Waals surface area contributed by atoms with E-state index in [0.717, 1.165) is 4.47 Å². The standard InChI is InChI=1S/C18H17BrN4O6S2/c1-28-17-11-16(20-18(21-17)29-2)23-31(26,27)15-9-5-13(6-10-15)22-30(24,25)14-7-3-12(19)4-8-14/h3-11,22H,1-2H3,(H,20,21,23). The van der Waals surface area contributed by atoms with E-state index >= 15 is 0 Å². The van der Waals surface area contributed by atoms with Crippen LogP contribution >= 0.6 is 15.9 Å². The molecule has 2 aromatic carbocycles. The number of ether oxygens (including phenoxy) is 2. The molecule has 164 valence electrons. The van der Waals surface area contributed by atoms with Crippen molar-refractivity contribution in [2.75, 3.05) is 23.7 Å². The van der Waals surface area contributed by atoms with Gasteiger partial charge in [0.25, 0.3) is 20.0 Å². The van der Waals surface area contributed by atoms with E-state index in [9.17, 15) is 16.8 Å². The monoisotopic (exact) mass is 528 g/mol. The van der Waals surface area contributed by atoms with Crippen LogP contribution in [-0.2, 0) is 20.0 Å². The van der Waals surface area contributed by atoms with Gasteiger partial charge in [0.05, 0.1) is 24.0 Å². The van der Waals surface area contributed by atoms with Gasteiger partial charge >= 0.3 is 6.01 Å². The van der Waals surface area contributed by atoms with Gasteiger partial charge in [0.15, 0.2) is 5.82 Å². The summed E-state index contributed by atoms with van der Waals surface area (Å²) in [6.07, 6.45) is 0. The summed E-state index contributed by atoms with van der Waals surface area (Å²) in [5.41, 5.74) is 0.201. The Morgan fingerprint density at radius 3 is 1.87 bits per heavy atom. The SMILES string of the molecule is COc1cc(NS(=O)(=O)c2ccc(NS(=O)(=O)c3ccc(Br)cc3)cc2)nc(OC)n1. The molecule has 0 saturated heterocycles. The molecular formula is C18H17BrN4O6S2. The summed E-state index contributed by atoms with van der Waals surface area (Å²) in [5, 5.41) is 0. The smallest absolute Gasteiger partial charge is 0.321 e. The van der Waals surface area contributed by atoms with E-state index in [2.05, 4.69) is 35.3 Å². The lowest BCUT2D eigenvalue weighted by Crippen LogP contribution is -2.15. The lowest BCUT2D eigenvalue weighted by Gasteiger charge is -2.11. The second-order valence-electron chi connectivity index (χ2n) is 5.97. The van der Waals surface area contributed by atoms with Crippen LogP contribution in [0.4, 0.5) is 11.5 Å². The normalized spacial score (nSPS) is 11.6. The molecule has 1 aromatic heterocycles. The Hall–Kier alpha value is -2.90. The Bertz CT molecular complexity index is 1260. The number of benzene rings is 2. The highest BCUT2D eigenvalue weighted by atomic mass is 79.9. The molecule has 2 N–H and O–H groups in total. The first-order valence-electron chi connectivity index (χ1n) is 8.51. The lowest BCUT2D eigenvalue weighted by molar-refractivity contribution is 0.353. The van der Waals surface area contributed by atoms with Gasteiger partial charge in [0, 0.05) is 16.2 Å². The van der Waals surface area contributed by atoms with Crippen LogP contribution in [0.1, 0.15) is 0 Å². The number of aromatic nitrogens is 2. The van der Waals surface area contributed by atoms with Gasteiger partial charge in [-0.05, 0) is 48.5 Å². The number of anilines is 2. The Balaban J connectivity index is 1.79. The van der Waals surface area contributed by atoms with Crippen molar-refractivity contribution in [2.45, 2.75) is 9.79 Å². The number of sulfonamides is 2. The van der Waals surface area contributed by atoms with E-state index in [1.807, 2.05) is 0 Å². The van der Waals surface area contributed by atoms with E-state index in [4.69, 9.17) is 9.47 Å². The molecule has 0 aliphatic rings. The molecule has 0 spiro atoms. The maximum Gasteiger partial charge on any atom is 0.321 e. The van der Waals surface area contributed by atoms with E-state index in [1.54, 1.807) is 12.1 Å². The Morgan fingerprint density at radius 2 is 1.32 bits per heavy atom. The van der Waals surface area contributed by atoms with Gasteiger partial charge in [-0.25, -0.2) is 16.8 Å². The zero-order valence-electron chi connectivity index (χ0n) is 16.2. The minimum absolute atomic E-state index is 0.0521. The minimum Gasteiger partial charge on any atom is -0.481 e. The van der Waals surface area contributed by atoms with Crippen LogP contribution in [0.25, 0.3) is 0 Å². The summed E-state index contributed by atoms with van der Waals surface area (Å²) in [6, 6.07) is 12.5. The molecule has 0 aliphatic carbocycles. The maximum atomic E-state index is 12.7. The van der Waals surface area contributed by atoms with Crippen molar-refractivity contribution in [3.05, 3.63) is 59.1 Å². The van der Waals surface area contributed by atoms with Gasteiger partial charge in [-0.1, -0.05) is 15.9 Å². The zero-order valence-corrected chi connectivity index (χ0v) is 19.5. The van der Waals surface area contributed by atoms with Crippen molar-refractivity contribution in [3.63, 3.8) is 0 Å². The highest BCUT2D eigenvalue weighted by Crippen LogP contribution is 2.23. The molecule has 0 saturated carbocycles. The van der Waals surface area contributed by atoms with Gasteiger partial charge < -0.3 is 9.47 Å². The molecule has 0 atom stereocenters. The molecular weight excluding hydrogens is 512 g/mol. The molecule has 3 rings (SSSR count). The fourth-order valence-corrected chi connectivity index (χ4v) is 4.69. The summed E-state index contributed by atoms with van der Waals surface area (Å²) >= 11 is 3.25. The van der Waals surface area contributed by atoms with Crippen LogP contribution in [0.15, 0.2) is 68.9 Å². The van der Waals surface area contributed by atoms with Crippen LogP contribution in [0.5, 0.6) is 11.9 Å². The molecule has 31 heavy (non-hydrogen) atoms. The number of rotatable bonds is 8. The fourth-order valence-electron chi connectivity index (χ4n) is 2.38. The first kappa shape index (κ1) is 22.8. The van der Waals surface area contributed by atoms with E-state index in [1.165, 1.54) is 56.7 Å². The highest BCUT2D eigenvalue weighted by Gasteiger charge is 2.18. The number of hydrogen-bond acceptors (Lipinski definition) is 8. The quantitative estimate of drug-likeness (QED) is 0.455. The van der Waals surface area contributed by atoms with Crippen LogP contribution in [0.2, 0.25) is 0 Å². The Morgan fingerprint density at radius 1 is 0.774 bits per heavy atom. The molecule has 10 nitrogen and oxygen atoms in total. The molecule has 0 aliphatic heterocycles. The predicted molar refractivity (Wildman–Crippen MR) is 117 cm³/mol. The average Bonchev–Trinajstić information content (AvgIpc) is 2.73. The highest BCUT2D eigenvalue weighted by molar-refractivity contribution is 9.10. The molecule has 1 heterocycles. The first-order valence-corrected chi connectivity index (χ1v) is 12.3. The van der Waals surface area contributed by atoms with Crippen molar-refractivity contribution >= 4 is 47.5 Å². The largest absolute Gasteiger partial charge is 0.481 e. The predicted octanol–water partition coefficient (Wildman–Crippen LogP) is 2.86. The molecule has 0 bridgehead atoms. The summed E-state index contributed by atoms with van der Waals surface area (Å²) in [4.78, 5) is 7.78. The van der Waals surface area contributed by atoms with Gasteiger partial charge in [-0.3, -0.25) is 9.44 Å². The number of methoxy groups -OCH3 is 2. The van der Waals surface area contributed by atoms with Crippen LogP contribution in [0, 0.1) is 0 Å². The third kappa shape index (κ3) is 5.62. The van der Waals surface area contributed by atoms with Crippen molar-refractivity contribution in [2.24, 2.45) is 0 Å². The third-order valence-electron chi connectivity index (χ3n) is 3.85. The average molecular weight is 529 g/mol. The van der Waals surface area contributed by atoms with Crippen LogP contribution in [-0.4, -0.2) is 41.0 Å². The second kappa shape index (κ2) is 9.08. The first-order chi connectivity index (χ1) is 14.6. The molecule has 3 aromatic rings. The fraction of sp³-hybridized carbons (Fsp3) is 0.111. The third-order valence-corrected chi connectivity index (χ3v) is 7.15. The minimum atomic E-state index is -4.01. The number of nitrogens with one attached hydrogen (secondary N) is 2. The maximum absolute atomic E-state index is 12.7. The molecule has 13 heteroatoms. The zero-order chi connectivity index (χ0) is 22.6. The van der Waals surface area contributed by atoms with E-state index in [0.29, 0.717) is 0 Å². The lowest BCUT2D eigenvalue weighted by atomic mass is 10.3. The summed E-state index contributed by atoms with van der Waals surface area (Å²) in [5.74, 6) is 0.0611. The molecule has 0 amide bonds. The topological polar surface area (TPSA) is 137 Å². The second-order valence-corrected chi connectivity index (χ2v) is 10.3. The van der Waals surface area contributed by atoms with Gasteiger partial charge in [-0.2, -0.15) is 9.97 Å². The van der Waals surface area contributed by atoms with E-state index in [-0.39, 0.29) is 33.2 Å². The van der Waals surface area contributed by atoms with Crippen molar-refractivity contribution < 1.29 is 26.3 Å². The van der Waals surface area contributed by atoms with Gasteiger partial charge in [0.2, 0.25) is 5.88 Å². The van der Waals surface area contributed by atoms with Crippen molar-refractivity contribution in [3.8, 4) is 11.9 Å². The van der Waals surface area contributed by atoms with Crippen molar-refractivity contribution in [1.29, 1.82) is 0 Å². The number of nitrogens with zero attached hydrogens (tertiary/aromatic N) is 2. The Labute approximate surface area is 187 Å².